The molecule has 0 aromatic rings. The molecule has 0 aliphatic heterocycles. The van der Waals surface area contributed by atoms with Crippen LogP contribution in [-0.2, 0) is 4.57 Å². The Bertz CT molecular complexity index is 359. The van der Waals surface area contributed by atoms with Gasteiger partial charge in [-0.3, -0.25) is 4.57 Å². The predicted octanol–water partition coefficient (Wildman–Crippen LogP) is 7.51. The van der Waals surface area contributed by atoms with E-state index in [0.29, 0.717) is 17.5 Å². The first-order valence-electron chi connectivity index (χ1n) is 10.3. The van der Waals surface area contributed by atoms with E-state index in [4.69, 9.17) is 4.89 Å². The van der Waals surface area contributed by atoms with E-state index in [0.717, 1.165) is 12.3 Å². The fourth-order valence-electron chi connectivity index (χ4n) is 4.28. The van der Waals surface area contributed by atoms with Crippen LogP contribution in [0.5, 0.6) is 0 Å². The van der Waals surface area contributed by atoms with Crippen LogP contribution in [0.2, 0.25) is 0 Å². The molecule has 1 saturated carbocycles. The van der Waals surface area contributed by atoms with Crippen LogP contribution in [0.4, 0.5) is 0 Å². The third-order valence-corrected chi connectivity index (χ3v) is 5.69. The quantitative estimate of drug-likeness (QED) is 0.489. The standard InChI is InChI=1S/C14H27.C8H19O2P/c1-12(11-14(2,3)4)10-13-8-6-5-7-9-13;1-7(6-11(9)10)5-8(2,3)4/h12H,5-11H2,1-4H3;7,11H,5-6H2,1-4H3,(H,9,10). The lowest BCUT2D eigenvalue weighted by Crippen LogP contribution is -2.14. The fourth-order valence-corrected chi connectivity index (χ4v) is 5.02. The Morgan fingerprint density at radius 1 is 0.880 bits per heavy atom. The third kappa shape index (κ3) is 17.4. The highest BCUT2D eigenvalue weighted by Crippen LogP contribution is 2.35. The van der Waals surface area contributed by atoms with Gasteiger partial charge in [-0.1, -0.05) is 74.7 Å². The van der Waals surface area contributed by atoms with E-state index in [1.807, 2.05) is 12.8 Å². The minimum Gasteiger partial charge on any atom is -0.346 e. The second kappa shape index (κ2) is 11.8. The molecule has 0 bridgehead atoms. The van der Waals surface area contributed by atoms with Crippen LogP contribution in [0.25, 0.3) is 0 Å². The lowest BCUT2D eigenvalue weighted by atomic mass is 9.78. The van der Waals surface area contributed by atoms with Gasteiger partial charge >= 0.3 is 0 Å². The molecule has 151 valence electrons. The summed E-state index contributed by atoms with van der Waals surface area (Å²) in [6.45, 7) is 18.0. The van der Waals surface area contributed by atoms with Crippen molar-refractivity contribution in [1.82, 2.24) is 0 Å². The Morgan fingerprint density at radius 2 is 1.32 bits per heavy atom. The van der Waals surface area contributed by atoms with Crippen LogP contribution in [0.3, 0.4) is 0 Å². The highest BCUT2D eigenvalue weighted by Gasteiger charge is 2.20. The molecule has 0 amide bonds. The van der Waals surface area contributed by atoms with E-state index >= 15 is 0 Å². The second-order valence-electron chi connectivity index (χ2n) is 10.9. The zero-order chi connectivity index (χ0) is 19.7. The monoisotopic (exact) mass is 373 g/mol. The van der Waals surface area contributed by atoms with Crippen molar-refractivity contribution in [3.05, 3.63) is 5.92 Å². The highest BCUT2D eigenvalue weighted by atomic mass is 31.1. The molecule has 0 aromatic heterocycles. The van der Waals surface area contributed by atoms with Crippen LogP contribution in [0, 0.1) is 28.6 Å². The molecule has 25 heavy (non-hydrogen) atoms. The van der Waals surface area contributed by atoms with Crippen LogP contribution < -0.4 is 0 Å². The summed E-state index contributed by atoms with van der Waals surface area (Å²) in [5, 5.41) is 0. The minimum absolute atomic E-state index is 0.275. The molecular formula is C22H46O2P. The molecule has 3 heteroatoms. The van der Waals surface area contributed by atoms with Gasteiger partial charge < -0.3 is 4.89 Å². The first-order valence-corrected chi connectivity index (χ1v) is 11.9. The summed E-state index contributed by atoms with van der Waals surface area (Å²) < 4.78 is 10.5. The van der Waals surface area contributed by atoms with Crippen molar-refractivity contribution in [2.45, 2.75) is 107 Å². The zero-order valence-corrected chi connectivity index (χ0v) is 19.4. The van der Waals surface area contributed by atoms with E-state index in [1.54, 1.807) is 0 Å². The average molecular weight is 374 g/mol. The van der Waals surface area contributed by atoms with E-state index in [9.17, 15) is 4.57 Å². The normalized spacial score (nSPS) is 20.4. The van der Waals surface area contributed by atoms with E-state index in [-0.39, 0.29) is 5.41 Å². The molecule has 0 saturated heterocycles. The molecule has 0 heterocycles. The van der Waals surface area contributed by atoms with Crippen molar-refractivity contribution in [3.63, 3.8) is 0 Å². The maximum atomic E-state index is 10.5. The van der Waals surface area contributed by atoms with Crippen molar-refractivity contribution >= 4 is 8.03 Å². The van der Waals surface area contributed by atoms with Crippen molar-refractivity contribution < 1.29 is 9.46 Å². The van der Waals surface area contributed by atoms with Gasteiger partial charge in [-0.15, -0.1) is 0 Å². The third-order valence-electron chi connectivity index (χ3n) is 4.64. The Balaban J connectivity index is 0.000000477. The summed E-state index contributed by atoms with van der Waals surface area (Å²) >= 11 is 0. The first kappa shape index (κ1) is 25.2. The molecule has 1 N–H and O–H groups in total. The Morgan fingerprint density at radius 3 is 1.72 bits per heavy atom. The highest BCUT2D eigenvalue weighted by molar-refractivity contribution is 7.37. The molecule has 1 aliphatic rings. The summed E-state index contributed by atoms with van der Waals surface area (Å²) in [6.07, 6.45) is 11.5. The lowest BCUT2D eigenvalue weighted by Gasteiger charge is -2.28. The summed E-state index contributed by atoms with van der Waals surface area (Å²) in [5.74, 6) is 3.11. The molecule has 3 unspecified atom stereocenters. The van der Waals surface area contributed by atoms with Gasteiger partial charge in [0.25, 0.3) is 0 Å². The van der Waals surface area contributed by atoms with Crippen LogP contribution in [0.1, 0.15) is 107 Å². The Kier molecular flexibility index (Phi) is 11.9. The van der Waals surface area contributed by atoms with Gasteiger partial charge in [0.05, 0.1) is 0 Å². The molecule has 0 aromatic carbocycles. The molecule has 1 rings (SSSR count). The van der Waals surface area contributed by atoms with Crippen molar-refractivity contribution in [3.8, 4) is 0 Å². The fraction of sp³-hybridized carbons (Fsp3) is 0.955. The van der Waals surface area contributed by atoms with Crippen molar-refractivity contribution in [1.29, 1.82) is 0 Å². The average Bonchev–Trinajstić information content (AvgIpc) is 2.34. The molecule has 1 fully saturated rings. The van der Waals surface area contributed by atoms with Crippen LogP contribution in [-0.4, -0.2) is 11.1 Å². The predicted molar refractivity (Wildman–Crippen MR) is 114 cm³/mol. The van der Waals surface area contributed by atoms with E-state index in [1.165, 1.54) is 44.9 Å². The van der Waals surface area contributed by atoms with Gasteiger partial charge in [-0.2, -0.15) is 0 Å². The Labute approximate surface area is 159 Å². The molecule has 1 radical (unpaired) electrons. The van der Waals surface area contributed by atoms with Gasteiger partial charge in [0.15, 0.2) is 8.03 Å². The van der Waals surface area contributed by atoms with Crippen LogP contribution in [0.15, 0.2) is 0 Å². The minimum atomic E-state index is -2.26. The van der Waals surface area contributed by atoms with E-state index < -0.39 is 8.03 Å². The van der Waals surface area contributed by atoms with Crippen molar-refractivity contribution in [2.75, 3.05) is 6.16 Å². The van der Waals surface area contributed by atoms with Crippen molar-refractivity contribution in [2.24, 2.45) is 22.7 Å². The van der Waals surface area contributed by atoms with Gasteiger partial charge in [0.2, 0.25) is 0 Å². The number of hydrogen-bond acceptors (Lipinski definition) is 1. The van der Waals surface area contributed by atoms with Gasteiger partial charge in [0, 0.05) is 6.16 Å². The maximum absolute atomic E-state index is 10.5. The van der Waals surface area contributed by atoms with Gasteiger partial charge in [0.1, 0.15) is 0 Å². The van der Waals surface area contributed by atoms with E-state index in [2.05, 4.69) is 48.5 Å². The first-order chi connectivity index (χ1) is 11.3. The van der Waals surface area contributed by atoms with Crippen LogP contribution >= 0.6 is 8.03 Å². The molecule has 1 aliphatic carbocycles. The second-order valence-corrected chi connectivity index (χ2v) is 12.0. The SMILES string of the molecule is CC(C[C]1CCCCC1)CC(C)(C)C.CC(C[PH](=O)O)CC(C)(C)C. The molecule has 0 spiro atoms. The largest absolute Gasteiger partial charge is 0.346 e. The smallest absolute Gasteiger partial charge is 0.189 e. The molecular weight excluding hydrogens is 327 g/mol. The Hall–Kier alpha value is 0.190. The lowest BCUT2D eigenvalue weighted by molar-refractivity contribution is 0.291. The maximum Gasteiger partial charge on any atom is 0.189 e. The molecule has 2 nitrogen and oxygen atoms in total. The number of rotatable bonds is 6. The summed E-state index contributed by atoms with van der Waals surface area (Å²) in [6, 6.07) is 0. The van der Waals surface area contributed by atoms with Gasteiger partial charge in [-0.05, 0) is 60.7 Å². The summed E-state index contributed by atoms with van der Waals surface area (Å²) in [7, 11) is -2.26. The topological polar surface area (TPSA) is 37.3 Å². The van der Waals surface area contributed by atoms with Gasteiger partial charge in [-0.25, -0.2) is 0 Å². The molecule has 3 atom stereocenters. The summed E-state index contributed by atoms with van der Waals surface area (Å²) in [4.78, 5) is 8.67. The number of hydrogen-bond donors (Lipinski definition) is 1. The summed E-state index contributed by atoms with van der Waals surface area (Å²) in [5.41, 5.74) is 0.783. The zero-order valence-electron chi connectivity index (χ0n) is 18.4.